The molecule has 6 atom stereocenters. The second-order valence-electron chi connectivity index (χ2n) is 15.7. The molecule has 0 bridgehead atoms. The van der Waals surface area contributed by atoms with E-state index in [1.165, 1.54) is 12.0 Å². The highest BCUT2D eigenvalue weighted by molar-refractivity contribution is 7.44. The average molecular weight is 932 g/mol. The molecule has 0 spiro atoms. The Morgan fingerprint density at radius 3 is 2.00 bits per heavy atom. The monoisotopic (exact) mass is 931 g/mol. The van der Waals surface area contributed by atoms with Crippen molar-refractivity contribution in [3.63, 3.8) is 0 Å². The van der Waals surface area contributed by atoms with Crippen molar-refractivity contribution in [3.05, 3.63) is 95.6 Å². The van der Waals surface area contributed by atoms with E-state index in [0.29, 0.717) is 22.6 Å². The van der Waals surface area contributed by atoms with Crippen LogP contribution in [0.25, 0.3) is 0 Å². The van der Waals surface area contributed by atoms with Gasteiger partial charge in [-0.2, -0.15) is 18.4 Å². The number of nitrogens with one attached hydrogen (secondary N) is 2. The number of hydrogen-bond acceptors (Lipinski definition) is 13. The zero-order chi connectivity index (χ0) is 47.3. The summed E-state index contributed by atoms with van der Waals surface area (Å²) >= 11 is 0. The lowest BCUT2D eigenvalue weighted by Gasteiger charge is -2.39. The fourth-order valence-corrected chi connectivity index (χ4v) is 9.49. The summed E-state index contributed by atoms with van der Waals surface area (Å²) in [4.78, 5) is 39.4. The summed E-state index contributed by atoms with van der Waals surface area (Å²) in [5, 5.41) is 13.7. The van der Waals surface area contributed by atoms with Gasteiger partial charge in [-0.15, -0.1) is 0 Å². The van der Waals surface area contributed by atoms with Gasteiger partial charge in [0.1, 0.15) is 35.4 Å². The fraction of sp³-hybridized carbons (Fsp3) is 0.511. The molecule has 2 heterocycles. The van der Waals surface area contributed by atoms with Crippen LogP contribution in [0.3, 0.4) is 0 Å². The summed E-state index contributed by atoms with van der Waals surface area (Å²) in [7, 11) is 2.32. The van der Waals surface area contributed by atoms with Crippen LogP contribution in [0.5, 0.6) is 11.5 Å². The number of urea groups is 1. The first-order chi connectivity index (χ1) is 31.1. The van der Waals surface area contributed by atoms with Crippen molar-refractivity contribution in [2.24, 2.45) is 0 Å². The van der Waals surface area contributed by atoms with E-state index in [2.05, 4.69) is 11.4 Å². The average Bonchev–Trinajstić information content (AvgIpc) is 3.61. The summed E-state index contributed by atoms with van der Waals surface area (Å²) < 4.78 is 92.5. The normalized spacial score (nSPS) is 20.2. The third-order valence-electron chi connectivity index (χ3n) is 10.6. The molecule has 0 aromatic heterocycles. The molecule has 3 aromatic rings. The third kappa shape index (κ3) is 12.7. The van der Waals surface area contributed by atoms with Crippen molar-refractivity contribution in [3.8, 4) is 17.6 Å². The summed E-state index contributed by atoms with van der Waals surface area (Å²) in [5.41, 5.74) is 0.747. The van der Waals surface area contributed by atoms with E-state index in [9.17, 15) is 32.8 Å². The van der Waals surface area contributed by atoms with Gasteiger partial charge in [0.15, 0.2) is 6.23 Å². The zero-order valence-corrected chi connectivity index (χ0v) is 38.3. The van der Waals surface area contributed by atoms with E-state index in [-0.39, 0.29) is 51.3 Å². The Labute approximate surface area is 378 Å². The number of ether oxygens (including phenoxy) is 6. The molecule has 2 N–H and O–H groups in total. The maximum Gasteiger partial charge on any atom is 0.471 e. The number of imide groups is 1. The van der Waals surface area contributed by atoms with Gasteiger partial charge in [-0.3, -0.25) is 19.8 Å². The Kier molecular flexibility index (Phi) is 18.5. The quantitative estimate of drug-likeness (QED) is 0.0606. The third-order valence-corrected chi connectivity index (χ3v) is 12.8. The first-order valence-electron chi connectivity index (χ1n) is 21.1. The molecule has 354 valence electrons. The van der Waals surface area contributed by atoms with Crippen LogP contribution in [0.2, 0.25) is 0 Å². The number of alkyl halides is 3. The topological polar surface area (TPSA) is 179 Å². The molecule has 4 amide bonds. The van der Waals surface area contributed by atoms with Crippen LogP contribution in [0.4, 0.5) is 18.0 Å². The number of rotatable bonds is 23. The molecule has 1 unspecified atom stereocenters. The van der Waals surface area contributed by atoms with Gasteiger partial charge in [0, 0.05) is 32.2 Å². The van der Waals surface area contributed by atoms with Crippen LogP contribution >= 0.6 is 8.53 Å². The molecule has 2 aliphatic heterocycles. The standard InChI is InChI=1S/C45H57F3N5O11P/c1-29(2)53(30(3)4)65(62-25-11-23-49)64-39-37(63-41(52-24-22-38(54)51-43(52)56)40(39)60-27-34(26-57-5)50-42(55)45(46,47)48)28-61-44(31-12-9-8-10-13-31,32-14-18-35(58-6)19-15-32)33-16-20-36(59-7)21-17-33/h8-10,12-21,29-30,34,37,39-41H,11,22,24-28H2,1-7H3,(H,50,55)(H,51,54,56)/t34-,37-,39-,40-,41-,65?/m1/s1. The van der Waals surface area contributed by atoms with Crippen LogP contribution in [-0.4, -0.2) is 131 Å². The Morgan fingerprint density at radius 2 is 1.49 bits per heavy atom. The number of carbonyl (C=O) groups is 3. The molecule has 0 saturated carbocycles. The summed E-state index contributed by atoms with van der Waals surface area (Å²) in [6, 6.07) is 23.8. The molecular formula is C45H57F3N5O11P. The van der Waals surface area contributed by atoms with Gasteiger partial charge in [-0.05, 0) is 68.7 Å². The second-order valence-corrected chi connectivity index (χ2v) is 17.1. The van der Waals surface area contributed by atoms with Crippen LogP contribution in [0, 0.1) is 11.3 Å². The minimum absolute atomic E-state index is 0.00999. The van der Waals surface area contributed by atoms with Gasteiger partial charge in [-0.1, -0.05) is 54.6 Å². The lowest BCUT2D eigenvalue weighted by atomic mass is 9.80. The number of carbonyl (C=O) groups excluding carboxylic acids is 3. The van der Waals surface area contributed by atoms with E-state index in [4.69, 9.17) is 37.5 Å². The maximum atomic E-state index is 13.6. The lowest BCUT2D eigenvalue weighted by Crippen LogP contribution is -2.57. The molecular weight excluding hydrogens is 874 g/mol. The molecule has 3 aromatic carbocycles. The van der Waals surface area contributed by atoms with Crippen molar-refractivity contribution in [2.75, 3.05) is 54.3 Å². The van der Waals surface area contributed by atoms with Gasteiger partial charge in [-0.25, -0.2) is 9.46 Å². The molecule has 20 heteroatoms. The van der Waals surface area contributed by atoms with Crippen LogP contribution in [0.1, 0.15) is 57.2 Å². The largest absolute Gasteiger partial charge is 0.497 e. The van der Waals surface area contributed by atoms with E-state index in [1.807, 2.05) is 92.3 Å². The molecule has 0 aliphatic carbocycles. The number of nitriles is 1. The fourth-order valence-electron chi connectivity index (χ4n) is 7.72. The van der Waals surface area contributed by atoms with Crippen molar-refractivity contribution in [2.45, 2.75) is 95.0 Å². The zero-order valence-electron chi connectivity index (χ0n) is 37.4. The minimum atomic E-state index is -5.20. The van der Waals surface area contributed by atoms with Gasteiger partial charge >= 0.3 is 18.1 Å². The van der Waals surface area contributed by atoms with E-state index in [1.54, 1.807) is 38.5 Å². The Bertz CT molecular complexity index is 1990. The highest BCUT2D eigenvalue weighted by atomic mass is 31.2. The first-order valence-corrected chi connectivity index (χ1v) is 22.2. The van der Waals surface area contributed by atoms with Gasteiger partial charge in [0.2, 0.25) is 5.91 Å². The van der Waals surface area contributed by atoms with Crippen LogP contribution in [0.15, 0.2) is 78.9 Å². The SMILES string of the molecule is COC[C@H](CO[C@@H]1[C@H](OP(OCCC#N)N(C(C)C)C(C)C)[C@@H](COC(c2ccccc2)(c2ccc(OC)cc2)c2ccc(OC)cc2)O[C@H]1N1CCC(=O)NC1=O)NC(=O)C(F)(F)F. The number of benzene rings is 3. The number of halogens is 3. The molecule has 0 radical (unpaired) electrons. The maximum absolute atomic E-state index is 13.6. The van der Waals surface area contributed by atoms with Gasteiger partial charge < -0.3 is 42.8 Å². The van der Waals surface area contributed by atoms with Gasteiger partial charge in [0.25, 0.3) is 8.53 Å². The first kappa shape index (κ1) is 51.1. The van der Waals surface area contributed by atoms with E-state index < -0.39 is 75.3 Å². The smallest absolute Gasteiger partial charge is 0.471 e. The van der Waals surface area contributed by atoms with Crippen molar-refractivity contribution >= 4 is 26.4 Å². The number of methoxy groups -OCH3 is 3. The minimum Gasteiger partial charge on any atom is -0.497 e. The molecule has 2 aliphatic rings. The Balaban J connectivity index is 1.68. The summed E-state index contributed by atoms with van der Waals surface area (Å²) in [6.07, 6.45) is -10.2. The molecule has 5 rings (SSSR count). The highest BCUT2D eigenvalue weighted by Gasteiger charge is 2.54. The van der Waals surface area contributed by atoms with Crippen LogP contribution in [-0.2, 0) is 43.2 Å². The number of nitrogens with zero attached hydrogens (tertiary/aromatic N) is 3. The van der Waals surface area contributed by atoms with E-state index >= 15 is 0 Å². The molecule has 16 nitrogen and oxygen atoms in total. The van der Waals surface area contributed by atoms with Crippen molar-refractivity contribution in [1.29, 1.82) is 5.26 Å². The van der Waals surface area contributed by atoms with Gasteiger partial charge in [0.05, 0.1) is 59.2 Å². The number of amides is 4. The Hall–Kier alpha value is -4.90. The predicted molar refractivity (Wildman–Crippen MR) is 231 cm³/mol. The summed E-state index contributed by atoms with van der Waals surface area (Å²) in [5.74, 6) is -1.53. The Morgan fingerprint density at radius 1 is 0.908 bits per heavy atom. The summed E-state index contributed by atoms with van der Waals surface area (Å²) in [6.45, 7) is 6.47. The predicted octanol–water partition coefficient (Wildman–Crippen LogP) is 6.42. The number of hydrogen-bond donors (Lipinski definition) is 2. The molecule has 65 heavy (non-hydrogen) atoms. The second kappa shape index (κ2) is 23.5. The van der Waals surface area contributed by atoms with E-state index in [0.717, 1.165) is 5.56 Å². The highest BCUT2D eigenvalue weighted by Crippen LogP contribution is 2.51. The van der Waals surface area contributed by atoms with Crippen LogP contribution < -0.4 is 20.1 Å². The molecule has 2 fully saturated rings. The molecule has 2 saturated heterocycles. The lowest BCUT2D eigenvalue weighted by molar-refractivity contribution is -0.175. The van der Waals surface area contributed by atoms with Crippen molar-refractivity contribution in [1.82, 2.24) is 20.2 Å². The van der Waals surface area contributed by atoms with Crippen molar-refractivity contribution < 1.29 is 65.0 Å².